The SMILES string of the molecule is CC1CCN(C(=O)N[C@@H](CO)C(=O)O)CC1. The predicted molar refractivity (Wildman–Crippen MR) is 57.0 cm³/mol. The molecule has 0 aliphatic carbocycles. The van der Waals surface area contributed by atoms with Gasteiger partial charge in [-0.2, -0.15) is 0 Å². The molecule has 0 spiro atoms. The highest BCUT2D eigenvalue weighted by Gasteiger charge is 2.24. The molecule has 0 aromatic carbocycles. The van der Waals surface area contributed by atoms with Crippen LogP contribution in [0.15, 0.2) is 0 Å². The second-order valence-corrected chi connectivity index (χ2v) is 4.19. The van der Waals surface area contributed by atoms with Crippen LogP contribution >= 0.6 is 0 Å². The fourth-order valence-corrected chi connectivity index (χ4v) is 1.64. The first kappa shape index (κ1) is 12.8. The van der Waals surface area contributed by atoms with Gasteiger partial charge in [-0.1, -0.05) is 6.92 Å². The molecule has 1 heterocycles. The number of urea groups is 1. The molecule has 0 radical (unpaired) electrons. The van der Waals surface area contributed by atoms with E-state index in [2.05, 4.69) is 12.2 Å². The number of likely N-dealkylation sites (tertiary alicyclic amines) is 1. The van der Waals surface area contributed by atoms with Crippen molar-refractivity contribution in [2.75, 3.05) is 19.7 Å². The van der Waals surface area contributed by atoms with Crippen molar-refractivity contribution in [1.29, 1.82) is 0 Å². The summed E-state index contributed by atoms with van der Waals surface area (Å²) in [4.78, 5) is 23.8. The van der Waals surface area contributed by atoms with Crippen LogP contribution < -0.4 is 5.32 Å². The number of carbonyl (C=O) groups is 2. The lowest BCUT2D eigenvalue weighted by atomic mass is 10.00. The van der Waals surface area contributed by atoms with Crippen LogP contribution in [0.1, 0.15) is 19.8 Å². The standard InChI is InChI=1S/C10H18N2O4/c1-7-2-4-12(5-3-7)10(16)11-8(6-13)9(14)15/h7-8,13H,2-6H2,1H3,(H,11,16)(H,14,15)/t8-/m0/s1. The molecule has 6 heteroatoms. The van der Waals surface area contributed by atoms with Gasteiger partial charge in [0, 0.05) is 13.1 Å². The van der Waals surface area contributed by atoms with E-state index in [1.165, 1.54) is 0 Å². The first-order chi connectivity index (χ1) is 7.54. The zero-order chi connectivity index (χ0) is 12.1. The van der Waals surface area contributed by atoms with Crippen molar-refractivity contribution in [1.82, 2.24) is 10.2 Å². The lowest BCUT2D eigenvalue weighted by Crippen LogP contribution is -2.51. The number of amides is 2. The average molecular weight is 230 g/mol. The largest absolute Gasteiger partial charge is 0.480 e. The second-order valence-electron chi connectivity index (χ2n) is 4.19. The maximum absolute atomic E-state index is 11.6. The van der Waals surface area contributed by atoms with E-state index in [1.807, 2.05) is 0 Å². The van der Waals surface area contributed by atoms with Gasteiger partial charge in [-0.05, 0) is 18.8 Å². The zero-order valence-corrected chi connectivity index (χ0v) is 9.35. The molecule has 92 valence electrons. The van der Waals surface area contributed by atoms with Crippen molar-refractivity contribution >= 4 is 12.0 Å². The second kappa shape index (κ2) is 5.69. The average Bonchev–Trinajstić information content (AvgIpc) is 2.26. The summed E-state index contributed by atoms with van der Waals surface area (Å²) in [6, 6.07) is -1.62. The topological polar surface area (TPSA) is 89.9 Å². The molecule has 6 nitrogen and oxygen atoms in total. The Morgan fingerprint density at radius 3 is 2.44 bits per heavy atom. The third-order valence-corrected chi connectivity index (χ3v) is 2.85. The van der Waals surface area contributed by atoms with E-state index >= 15 is 0 Å². The summed E-state index contributed by atoms with van der Waals surface area (Å²) in [7, 11) is 0. The molecule has 1 rings (SSSR count). The van der Waals surface area contributed by atoms with Gasteiger partial charge in [-0.15, -0.1) is 0 Å². The maximum atomic E-state index is 11.6. The van der Waals surface area contributed by atoms with Crippen LogP contribution in [0.3, 0.4) is 0 Å². The van der Waals surface area contributed by atoms with Crippen molar-refractivity contribution in [3.05, 3.63) is 0 Å². The van der Waals surface area contributed by atoms with Crippen LogP contribution in [0.25, 0.3) is 0 Å². The minimum atomic E-state index is -1.22. The molecule has 1 aliphatic heterocycles. The molecule has 0 aromatic heterocycles. The normalized spacial score (nSPS) is 19.2. The fraction of sp³-hybridized carbons (Fsp3) is 0.800. The van der Waals surface area contributed by atoms with Gasteiger partial charge in [0.25, 0.3) is 0 Å². The molecule has 0 bridgehead atoms. The van der Waals surface area contributed by atoms with Crippen LogP contribution in [0.4, 0.5) is 4.79 Å². The number of hydrogen-bond donors (Lipinski definition) is 3. The lowest BCUT2D eigenvalue weighted by molar-refractivity contribution is -0.140. The summed E-state index contributed by atoms with van der Waals surface area (Å²) >= 11 is 0. The molecule has 3 N–H and O–H groups in total. The van der Waals surface area contributed by atoms with E-state index in [0.29, 0.717) is 19.0 Å². The Labute approximate surface area is 94.2 Å². The molecule has 0 aromatic rings. The minimum Gasteiger partial charge on any atom is -0.480 e. The summed E-state index contributed by atoms with van der Waals surface area (Å²) in [5.41, 5.74) is 0. The van der Waals surface area contributed by atoms with Crippen molar-refractivity contribution in [2.24, 2.45) is 5.92 Å². The van der Waals surface area contributed by atoms with Gasteiger partial charge >= 0.3 is 12.0 Å². The number of rotatable bonds is 3. The van der Waals surface area contributed by atoms with Gasteiger partial charge < -0.3 is 20.4 Å². The summed E-state index contributed by atoms with van der Waals surface area (Å²) in [5.74, 6) is -0.613. The quantitative estimate of drug-likeness (QED) is 0.630. The Morgan fingerprint density at radius 2 is 2.00 bits per heavy atom. The molecular weight excluding hydrogens is 212 g/mol. The van der Waals surface area contributed by atoms with Gasteiger partial charge in [-0.3, -0.25) is 0 Å². The Kier molecular flexibility index (Phi) is 4.54. The smallest absolute Gasteiger partial charge is 0.328 e. The number of carboxylic acid groups (broad SMARTS) is 1. The zero-order valence-electron chi connectivity index (χ0n) is 9.35. The fourth-order valence-electron chi connectivity index (χ4n) is 1.64. The van der Waals surface area contributed by atoms with Crippen molar-refractivity contribution in [3.8, 4) is 0 Å². The highest BCUT2D eigenvalue weighted by atomic mass is 16.4. The van der Waals surface area contributed by atoms with E-state index < -0.39 is 24.6 Å². The Morgan fingerprint density at radius 1 is 1.44 bits per heavy atom. The third kappa shape index (κ3) is 3.37. The summed E-state index contributed by atoms with van der Waals surface area (Å²) < 4.78 is 0. The summed E-state index contributed by atoms with van der Waals surface area (Å²) in [6.07, 6.45) is 1.87. The monoisotopic (exact) mass is 230 g/mol. The highest BCUT2D eigenvalue weighted by Crippen LogP contribution is 2.15. The molecule has 1 fully saturated rings. The molecule has 0 saturated carbocycles. The van der Waals surface area contributed by atoms with Gasteiger partial charge in [0.05, 0.1) is 6.61 Å². The Hall–Kier alpha value is -1.30. The van der Waals surface area contributed by atoms with Crippen molar-refractivity contribution in [3.63, 3.8) is 0 Å². The van der Waals surface area contributed by atoms with Gasteiger partial charge in [0.15, 0.2) is 6.04 Å². The summed E-state index contributed by atoms with van der Waals surface area (Å²) in [6.45, 7) is 2.82. The molecular formula is C10H18N2O4. The molecule has 2 amide bonds. The highest BCUT2D eigenvalue weighted by molar-refractivity contribution is 5.82. The number of aliphatic hydroxyl groups excluding tert-OH is 1. The Bertz CT molecular complexity index is 262. The van der Waals surface area contributed by atoms with E-state index in [4.69, 9.17) is 10.2 Å². The lowest BCUT2D eigenvalue weighted by Gasteiger charge is -2.31. The Balaban J connectivity index is 2.42. The van der Waals surface area contributed by atoms with E-state index in [9.17, 15) is 9.59 Å². The number of carbonyl (C=O) groups excluding carboxylic acids is 1. The first-order valence-corrected chi connectivity index (χ1v) is 5.43. The minimum absolute atomic E-state index is 0.409. The number of aliphatic hydroxyl groups is 1. The van der Waals surface area contributed by atoms with Crippen molar-refractivity contribution in [2.45, 2.75) is 25.8 Å². The number of piperidine rings is 1. The van der Waals surface area contributed by atoms with E-state index in [1.54, 1.807) is 4.90 Å². The molecule has 0 unspecified atom stereocenters. The molecule has 1 saturated heterocycles. The predicted octanol–water partition coefficient (Wildman–Crippen LogP) is -0.127. The van der Waals surface area contributed by atoms with Crippen LogP contribution in [-0.2, 0) is 4.79 Å². The number of aliphatic carboxylic acids is 1. The van der Waals surface area contributed by atoms with Gasteiger partial charge in [0.2, 0.25) is 0 Å². The van der Waals surface area contributed by atoms with Crippen LogP contribution in [-0.4, -0.2) is 52.9 Å². The first-order valence-electron chi connectivity index (χ1n) is 5.43. The van der Waals surface area contributed by atoms with Crippen LogP contribution in [0.2, 0.25) is 0 Å². The number of carboxylic acids is 1. The van der Waals surface area contributed by atoms with Gasteiger partial charge in [0.1, 0.15) is 0 Å². The molecule has 1 aliphatic rings. The van der Waals surface area contributed by atoms with Crippen molar-refractivity contribution < 1.29 is 19.8 Å². The number of hydrogen-bond acceptors (Lipinski definition) is 3. The molecule has 1 atom stereocenters. The number of nitrogens with one attached hydrogen (secondary N) is 1. The maximum Gasteiger partial charge on any atom is 0.328 e. The molecule has 16 heavy (non-hydrogen) atoms. The number of nitrogens with zero attached hydrogens (tertiary/aromatic N) is 1. The summed E-state index contributed by atoms with van der Waals surface area (Å²) in [5, 5.41) is 19.7. The van der Waals surface area contributed by atoms with Crippen LogP contribution in [0, 0.1) is 5.92 Å². The van der Waals surface area contributed by atoms with E-state index in [-0.39, 0.29) is 0 Å². The van der Waals surface area contributed by atoms with E-state index in [0.717, 1.165) is 12.8 Å². The van der Waals surface area contributed by atoms with Gasteiger partial charge in [-0.25, -0.2) is 9.59 Å². The van der Waals surface area contributed by atoms with Crippen LogP contribution in [0.5, 0.6) is 0 Å². The third-order valence-electron chi connectivity index (χ3n) is 2.85.